The Labute approximate surface area is 119 Å². The molecule has 0 bridgehead atoms. The van der Waals surface area contributed by atoms with Crippen LogP contribution in [-0.4, -0.2) is 21.0 Å². The van der Waals surface area contributed by atoms with Crippen molar-refractivity contribution in [1.29, 1.82) is 0 Å². The van der Waals surface area contributed by atoms with Crippen LogP contribution in [0.25, 0.3) is 32.6 Å². The Morgan fingerprint density at radius 3 is 2.62 bits per heavy atom. The van der Waals surface area contributed by atoms with Crippen molar-refractivity contribution in [3.8, 4) is 0 Å². The lowest BCUT2D eigenvalue weighted by Gasteiger charge is -2.06. The lowest BCUT2D eigenvalue weighted by atomic mass is 10.0. The SMILES string of the molecule is O=C(O)c1ccc2cnc3c(ccc4cccnc43)c2c1. The molecular formula is C17H10N2O2. The smallest absolute Gasteiger partial charge is 0.335 e. The Morgan fingerprint density at radius 1 is 0.905 bits per heavy atom. The zero-order valence-corrected chi connectivity index (χ0v) is 10.9. The normalized spacial score (nSPS) is 11.2. The molecule has 4 aromatic rings. The number of carbonyl (C=O) groups is 1. The predicted molar refractivity (Wildman–Crippen MR) is 81.5 cm³/mol. The molecule has 100 valence electrons. The van der Waals surface area contributed by atoms with Crippen molar-refractivity contribution in [3.63, 3.8) is 0 Å². The molecular weight excluding hydrogens is 264 g/mol. The molecule has 0 unspecified atom stereocenters. The molecule has 4 heteroatoms. The zero-order chi connectivity index (χ0) is 14.4. The molecule has 0 spiro atoms. The number of hydrogen-bond donors (Lipinski definition) is 1. The third-order valence-corrected chi connectivity index (χ3v) is 3.67. The van der Waals surface area contributed by atoms with Crippen LogP contribution in [0, 0.1) is 0 Å². The average Bonchev–Trinajstić information content (AvgIpc) is 2.53. The van der Waals surface area contributed by atoms with Gasteiger partial charge in [0.2, 0.25) is 0 Å². The molecule has 0 aliphatic carbocycles. The summed E-state index contributed by atoms with van der Waals surface area (Å²) in [7, 11) is 0. The quantitative estimate of drug-likeness (QED) is 0.538. The summed E-state index contributed by atoms with van der Waals surface area (Å²) in [5.41, 5.74) is 1.90. The molecule has 0 fully saturated rings. The monoisotopic (exact) mass is 274 g/mol. The molecule has 2 heterocycles. The van der Waals surface area contributed by atoms with Crippen LogP contribution in [-0.2, 0) is 0 Å². The second-order valence-electron chi connectivity index (χ2n) is 4.90. The second kappa shape index (κ2) is 4.24. The molecule has 2 aromatic carbocycles. The average molecular weight is 274 g/mol. The highest BCUT2D eigenvalue weighted by Crippen LogP contribution is 2.28. The van der Waals surface area contributed by atoms with Gasteiger partial charge in [0.15, 0.2) is 0 Å². The molecule has 21 heavy (non-hydrogen) atoms. The Morgan fingerprint density at radius 2 is 1.76 bits per heavy atom. The molecule has 0 aliphatic heterocycles. The number of benzene rings is 2. The van der Waals surface area contributed by atoms with Gasteiger partial charge in [0.05, 0.1) is 16.6 Å². The maximum absolute atomic E-state index is 11.2. The van der Waals surface area contributed by atoms with Gasteiger partial charge in [-0.1, -0.05) is 24.3 Å². The highest BCUT2D eigenvalue weighted by Gasteiger charge is 2.09. The molecule has 0 aliphatic rings. The van der Waals surface area contributed by atoms with Crippen LogP contribution in [0.3, 0.4) is 0 Å². The van der Waals surface area contributed by atoms with Gasteiger partial charge < -0.3 is 5.11 Å². The number of fused-ring (bicyclic) bond motifs is 5. The molecule has 0 radical (unpaired) electrons. The predicted octanol–water partition coefficient (Wildman–Crippen LogP) is 3.63. The van der Waals surface area contributed by atoms with Gasteiger partial charge in [0.1, 0.15) is 0 Å². The van der Waals surface area contributed by atoms with E-state index >= 15 is 0 Å². The molecule has 0 amide bonds. The van der Waals surface area contributed by atoms with Gasteiger partial charge in [-0.3, -0.25) is 9.97 Å². The molecule has 4 nitrogen and oxygen atoms in total. The zero-order valence-electron chi connectivity index (χ0n) is 10.9. The van der Waals surface area contributed by atoms with Crippen molar-refractivity contribution in [1.82, 2.24) is 9.97 Å². The van der Waals surface area contributed by atoms with Crippen molar-refractivity contribution in [2.75, 3.05) is 0 Å². The number of nitrogens with zero attached hydrogens (tertiary/aromatic N) is 2. The number of hydrogen-bond acceptors (Lipinski definition) is 3. The van der Waals surface area contributed by atoms with Gasteiger partial charge in [-0.05, 0) is 23.6 Å². The van der Waals surface area contributed by atoms with Crippen LogP contribution in [0.5, 0.6) is 0 Å². The van der Waals surface area contributed by atoms with Crippen molar-refractivity contribution >= 4 is 38.5 Å². The van der Waals surface area contributed by atoms with Crippen molar-refractivity contribution < 1.29 is 9.90 Å². The van der Waals surface area contributed by atoms with Crippen molar-refractivity contribution in [3.05, 3.63) is 60.4 Å². The summed E-state index contributed by atoms with van der Waals surface area (Å²) in [6.45, 7) is 0. The first-order valence-corrected chi connectivity index (χ1v) is 6.53. The number of pyridine rings is 2. The summed E-state index contributed by atoms with van der Waals surface area (Å²) in [5.74, 6) is -0.930. The van der Waals surface area contributed by atoms with Gasteiger partial charge in [0.25, 0.3) is 0 Å². The van der Waals surface area contributed by atoms with Gasteiger partial charge >= 0.3 is 5.97 Å². The van der Waals surface area contributed by atoms with Crippen LogP contribution in [0.1, 0.15) is 10.4 Å². The fraction of sp³-hybridized carbons (Fsp3) is 0. The summed E-state index contributed by atoms with van der Waals surface area (Å²) < 4.78 is 0. The third-order valence-electron chi connectivity index (χ3n) is 3.67. The first-order valence-electron chi connectivity index (χ1n) is 6.53. The Bertz CT molecular complexity index is 1020. The molecule has 0 saturated heterocycles. The van der Waals surface area contributed by atoms with E-state index in [1.165, 1.54) is 0 Å². The van der Waals surface area contributed by atoms with Gasteiger partial charge in [0, 0.05) is 28.6 Å². The minimum Gasteiger partial charge on any atom is -0.478 e. The van der Waals surface area contributed by atoms with Crippen LogP contribution in [0.15, 0.2) is 54.9 Å². The van der Waals surface area contributed by atoms with E-state index in [9.17, 15) is 4.79 Å². The number of carboxylic acids is 1. The minimum absolute atomic E-state index is 0.274. The van der Waals surface area contributed by atoms with Gasteiger partial charge in [-0.15, -0.1) is 0 Å². The van der Waals surface area contributed by atoms with E-state index in [-0.39, 0.29) is 5.56 Å². The highest BCUT2D eigenvalue weighted by atomic mass is 16.4. The van der Waals surface area contributed by atoms with Crippen LogP contribution in [0.2, 0.25) is 0 Å². The van der Waals surface area contributed by atoms with E-state index in [4.69, 9.17) is 5.11 Å². The fourth-order valence-corrected chi connectivity index (χ4v) is 2.65. The number of aromatic carboxylic acids is 1. The van der Waals surface area contributed by atoms with E-state index in [1.807, 2.05) is 24.3 Å². The van der Waals surface area contributed by atoms with E-state index in [0.717, 1.165) is 32.6 Å². The summed E-state index contributed by atoms with van der Waals surface area (Å²) in [4.78, 5) is 20.1. The highest BCUT2D eigenvalue weighted by molar-refractivity contribution is 6.14. The Kier molecular flexibility index (Phi) is 2.38. The van der Waals surface area contributed by atoms with Crippen LogP contribution >= 0.6 is 0 Å². The maximum atomic E-state index is 11.2. The number of aromatic nitrogens is 2. The Balaban J connectivity index is 2.20. The van der Waals surface area contributed by atoms with Gasteiger partial charge in [-0.25, -0.2) is 4.79 Å². The van der Waals surface area contributed by atoms with E-state index in [1.54, 1.807) is 30.6 Å². The molecule has 1 N–H and O–H groups in total. The largest absolute Gasteiger partial charge is 0.478 e. The lowest BCUT2D eigenvalue weighted by Crippen LogP contribution is -1.96. The summed E-state index contributed by atoms with van der Waals surface area (Å²) in [6.07, 6.45) is 3.50. The molecule has 0 saturated carbocycles. The van der Waals surface area contributed by atoms with Crippen molar-refractivity contribution in [2.24, 2.45) is 0 Å². The van der Waals surface area contributed by atoms with E-state index in [0.29, 0.717) is 0 Å². The Hall–Kier alpha value is -3.01. The summed E-state index contributed by atoms with van der Waals surface area (Å²) in [5, 5.41) is 12.9. The number of rotatable bonds is 1. The summed E-state index contributed by atoms with van der Waals surface area (Å²) in [6, 6.07) is 12.9. The summed E-state index contributed by atoms with van der Waals surface area (Å²) >= 11 is 0. The molecule has 2 aromatic heterocycles. The third kappa shape index (κ3) is 1.73. The topological polar surface area (TPSA) is 63.1 Å². The standard InChI is InChI=1S/C17H10N2O2/c20-17(21)11-3-4-12-9-19-16-13(14(12)8-11)6-5-10-2-1-7-18-15(10)16/h1-9H,(H,20,21). The van der Waals surface area contributed by atoms with Crippen LogP contribution in [0.4, 0.5) is 0 Å². The first-order chi connectivity index (χ1) is 10.2. The van der Waals surface area contributed by atoms with Gasteiger partial charge in [-0.2, -0.15) is 0 Å². The molecule has 0 atom stereocenters. The molecule has 4 rings (SSSR count). The maximum Gasteiger partial charge on any atom is 0.335 e. The number of carboxylic acid groups (broad SMARTS) is 1. The van der Waals surface area contributed by atoms with Crippen LogP contribution < -0.4 is 0 Å². The van der Waals surface area contributed by atoms with E-state index < -0.39 is 5.97 Å². The fourth-order valence-electron chi connectivity index (χ4n) is 2.65. The van der Waals surface area contributed by atoms with Crippen molar-refractivity contribution in [2.45, 2.75) is 0 Å². The lowest BCUT2D eigenvalue weighted by molar-refractivity contribution is 0.0697. The first kappa shape index (κ1) is 11.8. The second-order valence-corrected chi connectivity index (χ2v) is 4.90. The van der Waals surface area contributed by atoms with E-state index in [2.05, 4.69) is 9.97 Å². The minimum atomic E-state index is -0.930.